The van der Waals surface area contributed by atoms with Crippen molar-refractivity contribution in [3.8, 4) is 0 Å². The third-order valence-corrected chi connectivity index (χ3v) is 1.26. The zero-order valence-corrected chi connectivity index (χ0v) is 5.46. The molecule has 11 heavy (non-hydrogen) atoms. The highest BCUT2D eigenvalue weighted by Crippen LogP contribution is 2.17. The molecule has 0 aliphatic carbocycles. The predicted molar refractivity (Wildman–Crippen MR) is 33.5 cm³/mol. The van der Waals surface area contributed by atoms with E-state index in [0.29, 0.717) is 0 Å². The third kappa shape index (κ3) is 1.53. The summed E-state index contributed by atoms with van der Waals surface area (Å²) < 4.78 is 25.1. The van der Waals surface area contributed by atoms with E-state index in [1.54, 1.807) is 0 Å². The van der Waals surface area contributed by atoms with Gasteiger partial charge in [0.25, 0.3) is 0 Å². The summed E-state index contributed by atoms with van der Waals surface area (Å²) in [5.74, 6) is -1.92. The lowest BCUT2D eigenvalue weighted by Crippen LogP contribution is -2.02. The average molecular weight is 160 g/mol. The van der Waals surface area contributed by atoms with Gasteiger partial charge in [0, 0.05) is 0 Å². The molecule has 0 spiro atoms. The number of hydrogen-bond acceptors (Lipinski definition) is 2. The molecule has 1 rings (SSSR count). The summed E-state index contributed by atoms with van der Waals surface area (Å²) in [5.41, 5.74) is -0.715. The largest absolute Gasteiger partial charge is 0.364 e. The quantitative estimate of drug-likeness (QED) is 0.600. The van der Waals surface area contributed by atoms with Gasteiger partial charge in [-0.25, -0.2) is 8.78 Å². The number of hydrogen-bond donors (Lipinski definition) is 2. The van der Waals surface area contributed by atoms with Crippen LogP contribution in [-0.2, 0) is 0 Å². The van der Waals surface area contributed by atoms with E-state index >= 15 is 0 Å². The number of aliphatic hydroxyl groups excluding tert-OH is 1. The lowest BCUT2D eigenvalue weighted by molar-refractivity contribution is -0.0475. The Bertz CT molecular complexity index is 240. The first-order chi connectivity index (χ1) is 5.13. The van der Waals surface area contributed by atoms with Crippen LogP contribution in [0.15, 0.2) is 18.2 Å². The number of aliphatic hydroxyl groups is 2. The molecule has 0 bridgehead atoms. The van der Waals surface area contributed by atoms with E-state index in [-0.39, 0.29) is 0 Å². The van der Waals surface area contributed by atoms with Gasteiger partial charge in [0.1, 0.15) is 11.6 Å². The van der Waals surface area contributed by atoms with Crippen molar-refractivity contribution < 1.29 is 19.0 Å². The summed E-state index contributed by atoms with van der Waals surface area (Å²) in [4.78, 5) is 0. The molecule has 0 aromatic heterocycles. The maximum atomic E-state index is 12.5. The van der Waals surface area contributed by atoms with Gasteiger partial charge in [-0.15, -0.1) is 0 Å². The Morgan fingerprint density at radius 1 is 1.09 bits per heavy atom. The van der Waals surface area contributed by atoms with Crippen LogP contribution in [0.25, 0.3) is 0 Å². The molecule has 4 heteroatoms. The molecule has 0 radical (unpaired) electrons. The summed E-state index contributed by atoms with van der Waals surface area (Å²) in [6, 6.07) is 3.06. The van der Waals surface area contributed by atoms with Crippen molar-refractivity contribution in [3.05, 3.63) is 35.4 Å². The summed E-state index contributed by atoms with van der Waals surface area (Å²) in [7, 11) is 0. The summed E-state index contributed by atoms with van der Waals surface area (Å²) in [6.45, 7) is 0. The Morgan fingerprint density at radius 3 is 1.82 bits per heavy atom. The minimum Gasteiger partial charge on any atom is -0.364 e. The van der Waals surface area contributed by atoms with Crippen LogP contribution in [-0.4, -0.2) is 10.2 Å². The normalized spacial score (nSPS) is 10.6. The van der Waals surface area contributed by atoms with Gasteiger partial charge in [0.15, 0.2) is 6.29 Å². The van der Waals surface area contributed by atoms with Gasteiger partial charge in [-0.2, -0.15) is 0 Å². The van der Waals surface area contributed by atoms with Crippen LogP contribution < -0.4 is 0 Å². The second-order valence-corrected chi connectivity index (χ2v) is 2.01. The Labute approximate surface area is 61.7 Å². The highest BCUT2D eigenvalue weighted by Gasteiger charge is 2.13. The molecule has 0 fully saturated rings. The third-order valence-electron chi connectivity index (χ3n) is 1.26. The molecule has 1 aromatic carbocycles. The number of benzene rings is 1. The Morgan fingerprint density at radius 2 is 1.55 bits per heavy atom. The molecule has 0 saturated heterocycles. The van der Waals surface area contributed by atoms with Crippen LogP contribution in [0.2, 0.25) is 0 Å². The second kappa shape index (κ2) is 2.94. The van der Waals surface area contributed by atoms with E-state index in [4.69, 9.17) is 10.2 Å². The Balaban J connectivity index is 3.21. The number of rotatable bonds is 1. The van der Waals surface area contributed by atoms with Crippen molar-refractivity contribution in [2.24, 2.45) is 0 Å². The van der Waals surface area contributed by atoms with Gasteiger partial charge in [0.05, 0.1) is 5.56 Å². The smallest absolute Gasteiger partial charge is 0.184 e. The minimum absolute atomic E-state index is 0.715. The van der Waals surface area contributed by atoms with E-state index in [0.717, 1.165) is 18.2 Å². The summed E-state index contributed by atoms with van der Waals surface area (Å²) in [6.07, 6.45) is -2.10. The molecule has 60 valence electrons. The molecule has 2 N–H and O–H groups in total. The standard InChI is InChI=1S/C7H6F2O2/c8-4-2-1-3-5(9)6(4)7(10)11/h1-3,7,10-11H. The molecule has 2 nitrogen and oxygen atoms in total. The van der Waals surface area contributed by atoms with E-state index in [2.05, 4.69) is 0 Å². The lowest BCUT2D eigenvalue weighted by Gasteiger charge is -2.05. The molecule has 0 amide bonds. The monoisotopic (exact) mass is 160 g/mol. The van der Waals surface area contributed by atoms with Crippen molar-refractivity contribution in [1.82, 2.24) is 0 Å². The van der Waals surface area contributed by atoms with E-state index < -0.39 is 23.5 Å². The van der Waals surface area contributed by atoms with Crippen LogP contribution in [0.3, 0.4) is 0 Å². The molecular weight excluding hydrogens is 154 g/mol. The first kappa shape index (κ1) is 8.10. The molecule has 0 aliphatic heterocycles. The fourth-order valence-corrected chi connectivity index (χ4v) is 0.757. The van der Waals surface area contributed by atoms with Gasteiger partial charge in [-0.05, 0) is 12.1 Å². The maximum absolute atomic E-state index is 12.5. The van der Waals surface area contributed by atoms with Gasteiger partial charge in [-0.1, -0.05) is 6.07 Å². The van der Waals surface area contributed by atoms with E-state index in [9.17, 15) is 8.78 Å². The first-order valence-corrected chi connectivity index (χ1v) is 2.93. The van der Waals surface area contributed by atoms with Crippen LogP contribution in [0.4, 0.5) is 8.78 Å². The predicted octanol–water partition coefficient (Wildman–Crippen LogP) is 0.948. The van der Waals surface area contributed by atoms with E-state index in [1.807, 2.05) is 0 Å². The first-order valence-electron chi connectivity index (χ1n) is 2.93. The zero-order valence-electron chi connectivity index (χ0n) is 5.46. The zero-order chi connectivity index (χ0) is 8.43. The minimum atomic E-state index is -2.10. The van der Waals surface area contributed by atoms with Gasteiger partial charge in [-0.3, -0.25) is 0 Å². The summed E-state index contributed by atoms with van der Waals surface area (Å²) in [5, 5.41) is 16.9. The topological polar surface area (TPSA) is 40.5 Å². The molecular formula is C7H6F2O2. The van der Waals surface area contributed by atoms with Crippen molar-refractivity contribution in [3.63, 3.8) is 0 Å². The maximum Gasteiger partial charge on any atom is 0.184 e. The second-order valence-electron chi connectivity index (χ2n) is 2.01. The van der Waals surface area contributed by atoms with Crippen molar-refractivity contribution in [1.29, 1.82) is 0 Å². The highest BCUT2D eigenvalue weighted by molar-refractivity contribution is 5.20. The van der Waals surface area contributed by atoms with Crippen LogP contribution in [0, 0.1) is 11.6 Å². The van der Waals surface area contributed by atoms with Gasteiger partial charge in [0.2, 0.25) is 0 Å². The van der Waals surface area contributed by atoms with Crippen molar-refractivity contribution in [2.75, 3.05) is 0 Å². The lowest BCUT2D eigenvalue weighted by atomic mass is 10.2. The fraction of sp³-hybridized carbons (Fsp3) is 0.143. The van der Waals surface area contributed by atoms with Crippen molar-refractivity contribution >= 4 is 0 Å². The average Bonchev–Trinajstić information content (AvgIpc) is 1.85. The molecule has 0 aliphatic rings. The number of halogens is 2. The Hall–Kier alpha value is -1.00. The van der Waals surface area contributed by atoms with Crippen LogP contribution in [0.1, 0.15) is 11.9 Å². The SMILES string of the molecule is OC(O)c1c(F)cccc1F. The molecule has 0 atom stereocenters. The van der Waals surface area contributed by atoms with Crippen molar-refractivity contribution in [2.45, 2.75) is 6.29 Å². The molecule has 1 aromatic rings. The molecule has 0 heterocycles. The molecule has 0 unspecified atom stereocenters. The molecule has 0 saturated carbocycles. The summed E-state index contributed by atoms with van der Waals surface area (Å²) >= 11 is 0. The highest BCUT2D eigenvalue weighted by atomic mass is 19.1. The fourth-order valence-electron chi connectivity index (χ4n) is 0.757. The Kier molecular flexibility index (Phi) is 2.16. The van der Waals surface area contributed by atoms with E-state index in [1.165, 1.54) is 0 Å². The van der Waals surface area contributed by atoms with Crippen LogP contribution >= 0.6 is 0 Å². The van der Waals surface area contributed by atoms with Gasteiger partial charge >= 0.3 is 0 Å². The van der Waals surface area contributed by atoms with Crippen LogP contribution in [0.5, 0.6) is 0 Å². The van der Waals surface area contributed by atoms with Gasteiger partial charge < -0.3 is 10.2 Å².